The highest BCUT2D eigenvalue weighted by Gasteiger charge is 2.34. The van der Waals surface area contributed by atoms with E-state index in [1.54, 1.807) is 16.5 Å². The minimum atomic E-state index is -0.602. The maximum atomic E-state index is 13.3. The molecule has 226 valence electrons. The average Bonchev–Trinajstić information content (AvgIpc) is 3.62. The molecular weight excluding hydrogens is 522 g/mol. The third kappa shape index (κ3) is 7.87. The number of aromatic nitrogens is 2. The van der Waals surface area contributed by atoms with Gasteiger partial charge >= 0.3 is 12.1 Å². The summed E-state index contributed by atoms with van der Waals surface area (Å²) in [5, 5.41) is 4.93. The van der Waals surface area contributed by atoms with Crippen molar-refractivity contribution in [2.75, 3.05) is 39.3 Å². The molecule has 4 rings (SSSR count). The van der Waals surface area contributed by atoms with E-state index >= 15 is 0 Å². The molecule has 0 aliphatic carbocycles. The van der Waals surface area contributed by atoms with Gasteiger partial charge in [-0.15, -0.1) is 0 Å². The number of carbonyl (C=O) groups is 3. The largest absolute Gasteiger partial charge is 0.461 e. The SMILES string of the molecule is CC.CCOC(=O)c1c(CCN)c(-c2ccc(C(=O)N3CCCC3)cc2)nn1C1CCCN(C(=O)OC(C)(C)C)C1. The summed E-state index contributed by atoms with van der Waals surface area (Å²) in [7, 11) is 0. The molecule has 0 spiro atoms. The van der Waals surface area contributed by atoms with Gasteiger partial charge < -0.3 is 25.0 Å². The molecule has 0 bridgehead atoms. The minimum Gasteiger partial charge on any atom is -0.461 e. The Hall–Kier alpha value is -3.40. The van der Waals surface area contributed by atoms with E-state index in [0.717, 1.165) is 44.3 Å². The summed E-state index contributed by atoms with van der Waals surface area (Å²) >= 11 is 0. The third-order valence-electron chi connectivity index (χ3n) is 7.06. The second-order valence-corrected chi connectivity index (χ2v) is 11.2. The predicted molar refractivity (Wildman–Crippen MR) is 159 cm³/mol. The zero-order chi connectivity index (χ0) is 30.2. The number of hydrogen-bond donors (Lipinski definition) is 1. The van der Waals surface area contributed by atoms with Crippen molar-refractivity contribution >= 4 is 18.0 Å². The first-order chi connectivity index (χ1) is 19.6. The number of ether oxygens (including phenoxy) is 2. The smallest absolute Gasteiger partial charge is 0.410 e. The van der Waals surface area contributed by atoms with Gasteiger partial charge in [-0.25, -0.2) is 9.59 Å². The van der Waals surface area contributed by atoms with Crippen molar-refractivity contribution in [2.45, 2.75) is 85.3 Å². The summed E-state index contributed by atoms with van der Waals surface area (Å²) in [5.41, 5.74) is 8.52. The summed E-state index contributed by atoms with van der Waals surface area (Å²) in [5.74, 6) is -0.432. The number of esters is 1. The third-order valence-corrected chi connectivity index (χ3v) is 7.06. The van der Waals surface area contributed by atoms with Crippen LogP contribution in [-0.4, -0.2) is 82.5 Å². The topological polar surface area (TPSA) is 120 Å². The molecule has 2 aliphatic heterocycles. The Bertz CT molecular complexity index is 1180. The van der Waals surface area contributed by atoms with Crippen molar-refractivity contribution in [3.8, 4) is 11.3 Å². The van der Waals surface area contributed by atoms with E-state index in [2.05, 4.69) is 0 Å². The van der Waals surface area contributed by atoms with Gasteiger partial charge in [-0.3, -0.25) is 9.48 Å². The lowest BCUT2D eigenvalue weighted by molar-refractivity contribution is 0.0165. The quantitative estimate of drug-likeness (QED) is 0.463. The van der Waals surface area contributed by atoms with Gasteiger partial charge in [-0.05, 0) is 78.5 Å². The summed E-state index contributed by atoms with van der Waals surface area (Å²) in [4.78, 5) is 42.5. The lowest BCUT2D eigenvalue weighted by Gasteiger charge is -2.34. The highest BCUT2D eigenvalue weighted by Crippen LogP contribution is 2.32. The molecule has 2 aliphatic rings. The number of hydrogen-bond acceptors (Lipinski definition) is 7. The van der Waals surface area contributed by atoms with Gasteiger partial charge in [-0.1, -0.05) is 26.0 Å². The summed E-state index contributed by atoms with van der Waals surface area (Å²) < 4.78 is 12.8. The first-order valence-electron chi connectivity index (χ1n) is 15.0. The normalized spacial score (nSPS) is 17.1. The highest BCUT2D eigenvalue weighted by atomic mass is 16.6. The molecule has 1 aromatic carbocycles. The molecule has 0 radical (unpaired) electrons. The van der Waals surface area contributed by atoms with Crippen LogP contribution in [0.3, 0.4) is 0 Å². The maximum absolute atomic E-state index is 13.3. The molecule has 2 N–H and O–H groups in total. The summed E-state index contributed by atoms with van der Waals surface area (Å²) in [6.45, 7) is 14.4. The first kappa shape index (κ1) is 32.1. The van der Waals surface area contributed by atoms with Crippen molar-refractivity contribution in [3.05, 3.63) is 41.1 Å². The number of piperidine rings is 1. The molecule has 0 saturated carbocycles. The Morgan fingerprint density at radius 1 is 1.00 bits per heavy atom. The minimum absolute atomic E-state index is 0.0309. The standard InChI is InChI=1S/C29H41N5O5.C2H6/c1-5-38-27(36)25-23(14-15-30)24(20-10-12-21(13-11-20)26(35)32-16-6-7-17-32)31-34(25)22-9-8-18-33(19-22)28(37)39-29(2,3)4;1-2/h10-13,22H,5-9,14-19,30H2,1-4H3;1-2H3. The second-order valence-electron chi connectivity index (χ2n) is 11.2. The molecule has 2 amide bonds. The lowest BCUT2D eigenvalue weighted by Crippen LogP contribution is -2.44. The van der Waals surface area contributed by atoms with Gasteiger partial charge in [0, 0.05) is 42.9 Å². The van der Waals surface area contributed by atoms with E-state index in [1.807, 2.05) is 63.8 Å². The van der Waals surface area contributed by atoms with Gasteiger partial charge in [0.15, 0.2) is 5.69 Å². The Kier molecular flexibility index (Phi) is 11.3. The van der Waals surface area contributed by atoms with Crippen LogP contribution in [0.25, 0.3) is 11.3 Å². The van der Waals surface area contributed by atoms with Crippen molar-refractivity contribution < 1.29 is 23.9 Å². The molecule has 1 atom stereocenters. The maximum Gasteiger partial charge on any atom is 0.410 e. The van der Waals surface area contributed by atoms with Crippen LogP contribution < -0.4 is 5.73 Å². The Morgan fingerprint density at radius 2 is 1.63 bits per heavy atom. The Morgan fingerprint density at radius 3 is 2.22 bits per heavy atom. The van der Waals surface area contributed by atoms with Crippen LogP contribution in [-0.2, 0) is 15.9 Å². The van der Waals surface area contributed by atoms with E-state index in [0.29, 0.717) is 48.6 Å². The monoisotopic (exact) mass is 569 g/mol. The fourth-order valence-electron chi connectivity index (χ4n) is 5.28. The van der Waals surface area contributed by atoms with Gasteiger partial charge in [0.2, 0.25) is 0 Å². The van der Waals surface area contributed by atoms with Gasteiger partial charge in [-0.2, -0.15) is 5.10 Å². The first-order valence-corrected chi connectivity index (χ1v) is 15.0. The van der Waals surface area contributed by atoms with Crippen LogP contribution in [0, 0.1) is 0 Å². The zero-order valence-corrected chi connectivity index (χ0v) is 25.6. The predicted octanol–water partition coefficient (Wildman–Crippen LogP) is 5.06. The number of likely N-dealkylation sites (tertiary alicyclic amines) is 2. The van der Waals surface area contributed by atoms with Crippen LogP contribution in [0.5, 0.6) is 0 Å². The van der Waals surface area contributed by atoms with Gasteiger partial charge in [0.05, 0.1) is 18.3 Å². The van der Waals surface area contributed by atoms with Crippen LogP contribution in [0.15, 0.2) is 24.3 Å². The Labute approximate surface area is 244 Å². The van der Waals surface area contributed by atoms with Crippen LogP contribution in [0.1, 0.15) is 99.7 Å². The van der Waals surface area contributed by atoms with Crippen molar-refractivity contribution in [1.82, 2.24) is 19.6 Å². The van der Waals surface area contributed by atoms with E-state index in [4.69, 9.17) is 20.3 Å². The molecule has 2 fully saturated rings. The molecular formula is C31H47N5O5. The van der Waals surface area contributed by atoms with E-state index in [-0.39, 0.29) is 24.6 Å². The molecule has 2 aromatic rings. The number of rotatable bonds is 7. The number of carbonyl (C=O) groups excluding carboxylic acids is 3. The van der Waals surface area contributed by atoms with Crippen molar-refractivity contribution in [3.63, 3.8) is 0 Å². The number of nitrogens with two attached hydrogens (primary N) is 1. The van der Waals surface area contributed by atoms with E-state index in [9.17, 15) is 14.4 Å². The van der Waals surface area contributed by atoms with Gasteiger partial charge in [0.25, 0.3) is 5.91 Å². The van der Waals surface area contributed by atoms with Crippen molar-refractivity contribution in [2.24, 2.45) is 5.73 Å². The fourth-order valence-corrected chi connectivity index (χ4v) is 5.28. The number of nitrogens with zero attached hydrogens (tertiary/aromatic N) is 4. The fraction of sp³-hybridized carbons (Fsp3) is 0.613. The average molecular weight is 570 g/mol. The van der Waals surface area contributed by atoms with Crippen LogP contribution in [0.2, 0.25) is 0 Å². The van der Waals surface area contributed by atoms with E-state index in [1.165, 1.54) is 0 Å². The molecule has 10 nitrogen and oxygen atoms in total. The molecule has 10 heteroatoms. The van der Waals surface area contributed by atoms with E-state index < -0.39 is 11.6 Å². The zero-order valence-electron chi connectivity index (χ0n) is 25.6. The summed E-state index contributed by atoms with van der Waals surface area (Å²) in [6, 6.07) is 7.15. The lowest BCUT2D eigenvalue weighted by atomic mass is 10.0. The molecule has 1 aromatic heterocycles. The molecule has 41 heavy (non-hydrogen) atoms. The highest BCUT2D eigenvalue weighted by molar-refractivity contribution is 5.95. The second kappa shape index (κ2) is 14.5. The number of benzene rings is 1. The van der Waals surface area contributed by atoms with Crippen LogP contribution in [0.4, 0.5) is 4.79 Å². The van der Waals surface area contributed by atoms with Crippen molar-refractivity contribution in [1.29, 1.82) is 0 Å². The Balaban J connectivity index is 0.00000226. The number of amides is 2. The molecule has 1 unspecified atom stereocenters. The summed E-state index contributed by atoms with van der Waals surface area (Å²) in [6.07, 6.45) is 3.62. The molecule has 2 saturated heterocycles. The molecule has 3 heterocycles. The van der Waals surface area contributed by atoms with Gasteiger partial charge in [0.1, 0.15) is 5.60 Å². The van der Waals surface area contributed by atoms with Crippen LogP contribution >= 0.6 is 0 Å².